The molecule has 1 atom stereocenters. The van der Waals surface area contributed by atoms with Crippen molar-refractivity contribution >= 4 is 33.1 Å². The van der Waals surface area contributed by atoms with E-state index in [1.807, 2.05) is 27.7 Å². The Morgan fingerprint density at radius 1 is 1.43 bits per heavy atom. The predicted octanol–water partition coefficient (Wildman–Crippen LogP) is 2.05. The number of ether oxygens (including phenoxy) is 1. The van der Waals surface area contributed by atoms with E-state index < -0.39 is 0 Å². The fourth-order valence-electron chi connectivity index (χ4n) is 2.07. The summed E-state index contributed by atoms with van der Waals surface area (Å²) in [6.07, 6.45) is -0.0293. The number of carbonyl (C=O) groups is 1. The molecular formula is C14H20N4O2S. The van der Waals surface area contributed by atoms with Gasteiger partial charge in [-0.2, -0.15) is 5.10 Å². The van der Waals surface area contributed by atoms with Crippen molar-refractivity contribution in [3.05, 3.63) is 16.1 Å². The third kappa shape index (κ3) is 3.14. The zero-order valence-corrected chi connectivity index (χ0v) is 13.5. The van der Waals surface area contributed by atoms with Gasteiger partial charge < -0.3 is 15.8 Å². The summed E-state index contributed by atoms with van der Waals surface area (Å²) in [5, 5.41) is 11.9. The van der Waals surface area contributed by atoms with E-state index >= 15 is 0 Å². The minimum absolute atomic E-state index is 0.0293. The van der Waals surface area contributed by atoms with E-state index in [4.69, 9.17) is 10.5 Å². The number of anilines is 1. The van der Waals surface area contributed by atoms with Gasteiger partial charge in [0.15, 0.2) is 0 Å². The number of carbonyl (C=O) groups excluding carboxylic acids is 1. The third-order valence-corrected chi connectivity index (χ3v) is 4.43. The lowest BCUT2D eigenvalue weighted by atomic mass is 10.1. The normalized spacial score (nSPS) is 12.6. The van der Waals surface area contributed by atoms with Crippen LogP contribution < -0.4 is 11.1 Å². The summed E-state index contributed by atoms with van der Waals surface area (Å²) in [5.41, 5.74) is 8.40. The maximum Gasteiger partial charge on any atom is 0.263 e. The molecule has 6 nitrogen and oxygen atoms in total. The summed E-state index contributed by atoms with van der Waals surface area (Å²) >= 11 is 1.27. The van der Waals surface area contributed by atoms with Gasteiger partial charge in [0.2, 0.25) is 0 Å². The maximum atomic E-state index is 12.3. The van der Waals surface area contributed by atoms with E-state index in [-0.39, 0.29) is 12.0 Å². The molecule has 2 rings (SSSR count). The van der Waals surface area contributed by atoms with Gasteiger partial charge in [-0.3, -0.25) is 4.79 Å². The van der Waals surface area contributed by atoms with Gasteiger partial charge in [-0.05, 0) is 33.3 Å². The molecule has 1 unspecified atom stereocenters. The zero-order valence-electron chi connectivity index (χ0n) is 12.7. The van der Waals surface area contributed by atoms with Gasteiger partial charge in [0, 0.05) is 18.5 Å². The molecule has 2 heterocycles. The first-order valence-corrected chi connectivity index (χ1v) is 7.69. The second-order valence-electron chi connectivity index (χ2n) is 4.91. The summed E-state index contributed by atoms with van der Waals surface area (Å²) in [4.78, 5) is 13.4. The number of aryl methyl sites for hydroxylation is 2. The van der Waals surface area contributed by atoms with Crippen molar-refractivity contribution < 1.29 is 9.53 Å². The number of fused-ring (bicyclic) bond motifs is 1. The Hall–Kier alpha value is -1.73. The van der Waals surface area contributed by atoms with Crippen molar-refractivity contribution in [3.8, 4) is 0 Å². The lowest BCUT2D eigenvalue weighted by Gasteiger charge is -2.12. The molecule has 0 aliphatic rings. The van der Waals surface area contributed by atoms with Crippen LogP contribution in [-0.4, -0.2) is 35.4 Å². The van der Waals surface area contributed by atoms with Crippen LogP contribution in [0, 0.1) is 13.8 Å². The minimum atomic E-state index is -0.195. The van der Waals surface area contributed by atoms with Gasteiger partial charge in [-0.25, -0.2) is 0 Å². The van der Waals surface area contributed by atoms with Crippen molar-refractivity contribution in [2.45, 2.75) is 33.8 Å². The van der Waals surface area contributed by atoms with E-state index in [2.05, 4.69) is 15.5 Å². The first-order valence-electron chi connectivity index (χ1n) is 6.87. The molecule has 0 aromatic carbocycles. The van der Waals surface area contributed by atoms with Crippen LogP contribution in [-0.2, 0) is 4.74 Å². The van der Waals surface area contributed by atoms with Gasteiger partial charge >= 0.3 is 0 Å². The van der Waals surface area contributed by atoms with Gasteiger partial charge in [0.05, 0.1) is 17.5 Å². The average Bonchev–Trinajstić information content (AvgIpc) is 2.78. The van der Waals surface area contributed by atoms with Crippen LogP contribution in [0.3, 0.4) is 0 Å². The van der Waals surface area contributed by atoms with Crippen LogP contribution in [0.4, 0.5) is 5.69 Å². The van der Waals surface area contributed by atoms with E-state index in [1.165, 1.54) is 11.3 Å². The SMILES string of the molecule is CCOC(C)CNC(=O)c1sc2nnc(C)c(C)c2c1N. The summed E-state index contributed by atoms with van der Waals surface area (Å²) < 4.78 is 5.39. The molecule has 0 spiro atoms. The highest BCUT2D eigenvalue weighted by Crippen LogP contribution is 2.34. The van der Waals surface area contributed by atoms with Gasteiger partial charge in [-0.1, -0.05) is 0 Å². The van der Waals surface area contributed by atoms with E-state index in [1.54, 1.807) is 0 Å². The molecule has 0 radical (unpaired) electrons. The Morgan fingerprint density at radius 3 is 2.81 bits per heavy atom. The van der Waals surface area contributed by atoms with E-state index in [0.29, 0.717) is 28.5 Å². The monoisotopic (exact) mass is 308 g/mol. The molecule has 114 valence electrons. The standard InChI is InChI=1S/C14H20N4O2S/c1-5-20-7(2)6-16-13(19)12-11(15)10-8(3)9(4)17-18-14(10)21-12/h7H,5-6,15H2,1-4H3,(H,16,19). The number of rotatable bonds is 5. The fourth-order valence-corrected chi connectivity index (χ4v) is 3.09. The van der Waals surface area contributed by atoms with Crippen molar-refractivity contribution in [1.29, 1.82) is 0 Å². The largest absolute Gasteiger partial charge is 0.397 e. The molecule has 2 aromatic heterocycles. The van der Waals surface area contributed by atoms with Crippen LogP contribution in [0.5, 0.6) is 0 Å². The van der Waals surface area contributed by atoms with Crippen molar-refractivity contribution in [2.24, 2.45) is 0 Å². The Labute approximate surface area is 127 Å². The number of nitrogens with two attached hydrogens (primary N) is 1. The highest BCUT2D eigenvalue weighted by atomic mass is 32.1. The number of nitrogen functional groups attached to an aromatic ring is 1. The number of hydrogen-bond donors (Lipinski definition) is 2. The molecule has 0 bridgehead atoms. The number of hydrogen-bond acceptors (Lipinski definition) is 6. The molecule has 2 aromatic rings. The summed E-state index contributed by atoms with van der Waals surface area (Å²) in [5.74, 6) is -0.195. The van der Waals surface area contributed by atoms with Crippen LogP contribution >= 0.6 is 11.3 Å². The quantitative estimate of drug-likeness (QED) is 0.882. The smallest absolute Gasteiger partial charge is 0.263 e. The van der Waals surface area contributed by atoms with Gasteiger partial charge in [-0.15, -0.1) is 16.4 Å². The molecule has 0 fully saturated rings. The average molecular weight is 308 g/mol. The van der Waals surface area contributed by atoms with Crippen LogP contribution in [0.2, 0.25) is 0 Å². The molecule has 0 saturated carbocycles. The van der Waals surface area contributed by atoms with Crippen LogP contribution in [0.25, 0.3) is 10.2 Å². The number of nitrogens with zero attached hydrogens (tertiary/aromatic N) is 2. The third-order valence-electron chi connectivity index (χ3n) is 3.34. The number of nitrogens with one attached hydrogen (secondary N) is 1. The van der Waals surface area contributed by atoms with Gasteiger partial charge in [0.25, 0.3) is 5.91 Å². The molecule has 0 aliphatic heterocycles. The number of aromatic nitrogens is 2. The Morgan fingerprint density at radius 2 is 2.14 bits per heavy atom. The van der Waals surface area contributed by atoms with Crippen LogP contribution in [0.1, 0.15) is 34.8 Å². The molecule has 7 heteroatoms. The zero-order chi connectivity index (χ0) is 15.6. The molecule has 0 aliphatic carbocycles. The van der Waals surface area contributed by atoms with E-state index in [9.17, 15) is 4.79 Å². The summed E-state index contributed by atoms with van der Waals surface area (Å²) in [6.45, 7) is 8.72. The second-order valence-corrected chi connectivity index (χ2v) is 5.91. The molecule has 0 saturated heterocycles. The van der Waals surface area contributed by atoms with Crippen LogP contribution in [0.15, 0.2) is 0 Å². The van der Waals surface area contributed by atoms with Crippen molar-refractivity contribution in [3.63, 3.8) is 0 Å². The predicted molar refractivity (Wildman–Crippen MR) is 84.7 cm³/mol. The van der Waals surface area contributed by atoms with Gasteiger partial charge in [0.1, 0.15) is 9.71 Å². The van der Waals surface area contributed by atoms with Crippen molar-refractivity contribution in [1.82, 2.24) is 15.5 Å². The Balaban J connectivity index is 2.24. The summed E-state index contributed by atoms with van der Waals surface area (Å²) in [6, 6.07) is 0. The lowest BCUT2D eigenvalue weighted by Crippen LogP contribution is -2.32. The molecule has 1 amide bonds. The highest BCUT2D eigenvalue weighted by molar-refractivity contribution is 7.21. The van der Waals surface area contributed by atoms with Crippen molar-refractivity contribution in [2.75, 3.05) is 18.9 Å². The second kappa shape index (κ2) is 6.36. The topological polar surface area (TPSA) is 90.1 Å². The minimum Gasteiger partial charge on any atom is -0.397 e. The summed E-state index contributed by atoms with van der Waals surface area (Å²) in [7, 11) is 0. The fraction of sp³-hybridized carbons (Fsp3) is 0.500. The Bertz CT molecular complexity index is 669. The molecular weight excluding hydrogens is 288 g/mol. The van der Waals surface area contributed by atoms with E-state index in [0.717, 1.165) is 16.6 Å². The first-order chi connectivity index (χ1) is 9.95. The Kier molecular flexibility index (Phi) is 4.74. The lowest BCUT2D eigenvalue weighted by molar-refractivity contribution is 0.0697. The molecule has 21 heavy (non-hydrogen) atoms. The molecule has 3 N–H and O–H groups in total. The maximum absolute atomic E-state index is 12.3. The first kappa shape index (κ1) is 15.7. The number of amides is 1. The highest BCUT2D eigenvalue weighted by Gasteiger charge is 2.20. The number of thiophene rings is 1.